The van der Waals surface area contributed by atoms with E-state index < -0.39 is 0 Å². The summed E-state index contributed by atoms with van der Waals surface area (Å²) in [6.45, 7) is 0. The summed E-state index contributed by atoms with van der Waals surface area (Å²) in [6, 6.07) is 18.4. The molecule has 31 heavy (non-hydrogen) atoms. The van der Waals surface area contributed by atoms with Gasteiger partial charge in [0.15, 0.2) is 6.10 Å². The third kappa shape index (κ3) is 3.07. The maximum atomic E-state index is 6.58. The number of nitrogens with one attached hydrogen (secondary N) is 1. The lowest BCUT2D eigenvalue weighted by molar-refractivity contribution is 0.226. The highest BCUT2D eigenvalue weighted by molar-refractivity contribution is 7.98. The molecule has 4 aromatic rings. The fraction of sp³-hybridized carbons (Fsp3) is 0.130. The Bertz CT molecular complexity index is 1300. The van der Waals surface area contributed by atoms with Gasteiger partial charge in [-0.2, -0.15) is 10.1 Å². The summed E-state index contributed by atoms with van der Waals surface area (Å²) in [5.74, 6) is 1.51. The monoisotopic (exact) mass is 464 g/mol. The molecule has 2 aliphatic rings. The van der Waals surface area contributed by atoms with Gasteiger partial charge in [-0.25, -0.2) is 4.68 Å². The highest BCUT2D eigenvalue weighted by Crippen LogP contribution is 2.51. The number of hydrogen-bond acceptors (Lipinski definition) is 6. The third-order valence-corrected chi connectivity index (χ3v) is 7.50. The number of aromatic nitrogens is 3. The summed E-state index contributed by atoms with van der Waals surface area (Å²) in [5, 5.41) is 10.8. The van der Waals surface area contributed by atoms with Crippen molar-refractivity contribution in [1.82, 2.24) is 14.8 Å². The maximum Gasteiger partial charge on any atom is 0.226 e. The van der Waals surface area contributed by atoms with Crippen LogP contribution in [0.1, 0.15) is 28.1 Å². The van der Waals surface area contributed by atoms with Crippen LogP contribution < -0.4 is 10.1 Å². The first-order valence-electron chi connectivity index (χ1n) is 9.77. The summed E-state index contributed by atoms with van der Waals surface area (Å²) in [4.78, 5) is 6.83. The molecule has 2 aromatic carbocycles. The second kappa shape index (κ2) is 7.44. The lowest BCUT2D eigenvalue weighted by Gasteiger charge is -2.38. The van der Waals surface area contributed by atoms with Gasteiger partial charge in [0.05, 0.1) is 5.70 Å². The number of nitrogens with zero attached hydrogens (tertiary/aromatic N) is 3. The van der Waals surface area contributed by atoms with E-state index in [-0.39, 0.29) is 12.1 Å². The van der Waals surface area contributed by atoms with E-state index in [0.717, 1.165) is 33.0 Å². The van der Waals surface area contributed by atoms with Gasteiger partial charge in [-0.05, 0) is 53.6 Å². The van der Waals surface area contributed by atoms with E-state index in [4.69, 9.17) is 16.3 Å². The van der Waals surface area contributed by atoms with Crippen molar-refractivity contribution in [2.75, 3.05) is 11.6 Å². The molecule has 5 nitrogen and oxygen atoms in total. The Balaban J connectivity index is 1.62. The van der Waals surface area contributed by atoms with E-state index in [1.807, 2.05) is 22.9 Å². The molecule has 0 aliphatic carbocycles. The summed E-state index contributed by atoms with van der Waals surface area (Å²) in [6.07, 6.45) is 3.43. The van der Waals surface area contributed by atoms with Crippen molar-refractivity contribution < 1.29 is 4.74 Å². The molecule has 6 rings (SSSR count). The van der Waals surface area contributed by atoms with Crippen molar-refractivity contribution in [3.05, 3.63) is 92.9 Å². The molecule has 0 saturated heterocycles. The Morgan fingerprint density at radius 3 is 2.81 bits per heavy atom. The van der Waals surface area contributed by atoms with Gasteiger partial charge in [-0.3, -0.25) is 0 Å². The number of hydrogen-bond donors (Lipinski definition) is 1. The van der Waals surface area contributed by atoms with E-state index in [1.54, 1.807) is 29.4 Å². The zero-order chi connectivity index (χ0) is 20.9. The molecular weight excluding hydrogens is 448 g/mol. The van der Waals surface area contributed by atoms with Crippen LogP contribution in [-0.2, 0) is 0 Å². The van der Waals surface area contributed by atoms with Crippen molar-refractivity contribution in [2.45, 2.75) is 17.0 Å². The van der Waals surface area contributed by atoms with Crippen LogP contribution in [0.25, 0.3) is 5.70 Å². The fourth-order valence-corrected chi connectivity index (χ4v) is 5.58. The average Bonchev–Trinajstić information content (AvgIpc) is 3.49. The minimum absolute atomic E-state index is 0.149. The Hall–Kier alpha value is -2.74. The number of anilines is 1. The molecule has 2 aliphatic heterocycles. The predicted octanol–water partition coefficient (Wildman–Crippen LogP) is 6.27. The molecule has 8 heteroatoms. The number of thioether (sulfide) groups is 1. The van der Waals surface area contributed by atoms with Gasteiger partial charge in [0.2, 0.25) is 5.95 Å². The fourth-order valence-electron chi connectivity index (χ4n) is 4.23. The van der Waals surface area contributed by atoms with E-state index in [0.29, 0.717) is 11.0 Å². The second-order valence-corrected chi connectivity index (χ2v) is 9.61. The van der Waals surface area contributed by atoms with Gasteiger partial charge >= 0.3 is 0 Å². The minimum atomic E-state index is -0.237. The van der Waals surface area contributed by atoms with Crippen molar-refractivity contribution >= 4 is 46.3 Å². The lowest BCUT2D eigenvalue weighted by Crippen LogP contribution is -2.32. The predicted molar refractivity (Wildman–Crippen MR) is 126 cm³/mol. The van der Waals surface area contributed by atoms with Gasteiger partial charge in [0.25, 0.3) is 0 Å². The van der Waals surface area contributed by atoms with E-state index in [9.17, 15) is 0 Å². The summed E-state index contributed by atoms with van der Waals surface area (Å²) in [7, 11) is 0. The van der Waals surface area contributed by atoms with Gasteiger partial charge in [-0.1, -0.05) is 29.8 Å². The van der Waals surface area contributed by atoms with Gasteiger partial charge in [0.1, 0.15) is 18.1 Å². The molecule has 0 amide bonds. The lowest BCUT2D eigenvalue weighted by atomic mass is 9.86. The number of rotatable bonds is 3. The molecule has 0 saturated carbocycles. The summed E-state index contributed by atoms with van der Waals surface area (Å²) < 4.78 is 8.51. The van der Waals surface area contributed by atoms with Crippen molar-refractivity contribution in [2.24, 2.45) is 0 Å². The standard InChI is InChI=1S/C23H17ClN4OS2/c1-30-15-7-4-13(5-8-15)21-19-20(27-23-25-12-26-28(21)23)16-11-14(24)6-9-17(16)29-22(19)18-3-2-10-31-18/h2-12,21-22H,1H3,(H,25,26,27). The second-order valence-electron chi connectivity index (χ2n) is 7.31. The highest BCUT2D eigenvalue weighted by Gasteiger charge is 2.41. The number of thiophene rings is 1. The van der Waals surface area contributed by atoms with Crippen molar-refractivity contribution in [1.29, 1.82) is 0 Å². The summed E-state index contributed by atoms with van der Waals surface area (Å²) in [5.41, 5.74) is 4.16. The van der Waals surface area contributed by atoms with Gasteiger partial charge in [-0.15, -0.1) is 23.1 Å². The van der Waals surface area contributed by atoms with Crippen LogP contribution >= 0.6 is 34.7 Å². The molecule has 1 N–H and O–H groups in total. The average molecular weight is 465 g/mol. The molecule has 0 fully saturated rings. The van der Waals surface area contributed by atoms with E-state index in [1.165, 1.54) is 4.90 Å². The van der Waals surface area contributed by atoms with Crippen LogP contribution in [0, 0.1) is 0 Å². The van der Waals surface area contributed by atoms with Crippen LogP contribution in [0.4, 0.5) is 5.95 Å². The Morgan fingerprint density at radius 2 is 2.03 bits per heavy atom. The van der Waals surface area contributed by atoms with Crippen LogP contribution in [0.5, 0.6) is 5.75 Å². The maximum absolute atomic E-state index is 6.58. The van der Waals surface area contributed by atoms with Crippen molar-refractivity contribution in [3.63, 3.8) is 0 Å². The molecular formula is C23H17ClN4OS2. The van der Waals surface area contributed by atoms with Crippen LogP contribution in [-0.4, -0.2) is 21.0 Å². The van der Waals surface area contributed by atoms with Gasteiger partial charge < -0.3 is 10.1 Å². The van der Waals surface area contributed by atoms with Crippen molar-refractivity contribution in [3.8, 4) is 5.75 Å². The summed E-state index contributed by atoms with van der Waals surface area (Å²) >= 11 is 9.79. The topological polar surface area (TPSA) is 52.0 Å². The van der Waals surface area contributed by atoms with Crippen LogP contribution in [0.3, 0.4) is 0 Å². The van der Waals surface area contributed by atoms with E-state index >= 15 is 0 Å². The van der Waals surface area contributed by atoms with Crippen LogP contribution in [0.15, 0.2) is 76.8 Å². The van der Waals surface area contributed by atoms with Gasteiger partial charge in [0, 0.05) is 25.9 Å². The third-order valence-electron chi connectivity index (χ3n) is 5.61. The first-order chi connectivity index (χ1) is 15.2. The number of halogens is 1. The Labute approximate surface area is 192 Å². The molecule has 0 radical (unpaired) electrons. The molecule has 0 bridgehead atoms. The highest BCUT2D eigenvalue weighted by atomic mass is 35.5. The van der Waals surface area contributed by atoms with Crippen LogP contribution in [0.2, 0.25) is 5.02 Å². The van der Waals surface area contributed by atoms with E-state index in [2.05, 4.69) is 63.4 Å². The first kappa shape index (κ1) is 19.0. The molecule has 4 heterocycles. The zero-order valence-electron chi connectivity index (χ0n) is 16.4. The quantitative estimate of drug-likeness (QED) is 0.362. The molecule has 2 atom stereocenters. The normalized spacial score (nSPS) is 19.2. The number of fused-ring (bicyclic) bond motifs is 3. The SMILES string of the molecule is CSc1ccc(C2C3=C(Nc4ncnn42)c2cc(Cl)ccc2OC3c2cccs2)cc1. The first-order valence-corrected chi connectivity index (χ1v) is 12.3. The molecule has 2 aromatic heterocycles. The smallest absolute Gasteiger partial charge is 0.226 e. The molecule has 2 unspecified atom stereocenters. The molecule has 154 valence electrons. The Kier molecular flexibility index (Phi) is 4.56. The zero-order valence-corrected chi connectivity index (χ0v) is 18.8. The Morgan fingerprint density at radius 1 is 1.16 bits per heavy atom. The minimum Gasteiger partial charge on any atom is -0.480 e. The molecule has 0 spiro atoms. The number of benzene rings is 2. The largest absolute Gasteiger partial charge is 0.480 e. The number of ether oxygens (including phenoxy) is 1.